The van der Waals surface area contributed by atoms with E-state index in [-0.39, 0.29) is 6.10 Å². The van der Waals surface area contributed by atoms with Crippen molar-refractivity contribution in [3.05, 3.63) is 28.8 Å². The highest BCUT2D eigenvalue weighted by Crippen LogP contribution is 2.25. The first-order valence-corrected chi connectivity index (χ1v) is 4.79. The zero-order valence-electron chi connectivity index (χ0n) is 7.51. The van der Waals surface area contributed by atoms with Crippen LogP contribution in [0.1, 0.15) is 12.5 Å². The van der Waals surface area contributed by atoms with Crippen LogP contribution in [-0.2, 0) is 6.54 Å². The highest BCUT2D eigenvalue weighted by Gasteiger charge is 2.13. The number of nitrogens with one attached hydrogen (secondary N) is 1. The minimum absolute atomic E-state index is 0.208. The van der Waals surface area contributed by atoms with Crippen LogP contribution in [0.3, 0.4) is 0 Å². The molecule has 0 spiro atoms. The summed E-state index contributed by atoms with van der Waals surface area (Å²) in [7, 11) is 0. The predicted molar refractivity (Wildman–Crippen MR) is 53.2 cm³/mol. The predicted octanol–water partition coefficient (Wildman–Crippen LogP) is 2.21. The van der Waals surface area contributed by atoms with Gasteiger partial charge in [-0.05, 0) is 19.1 Å². The molecule has 0 unspecified atom stereocenters. The summed E-state index contributed by atoms with van der Waals surface area (Å²) < 4.78 is 5.69. The SMILES string of the molecule is C[C@H]1CNCc2ccc(Cl)cc2O1. The second kappa shape index (κ2) is 3.56. The van der Waals surface area contributed by atoms with Gasteiger partial charge in [-0.1, -0.05) is 17.7 Å². The third-order valence-corrected chi connectivity index (χ3v) is 2.34. The van der Waals surface area contributed by atoms with Gasteiger partial charge in [0.15, 0.2) is 0 Å². The van der Waals surface area contributed by atoms with Gasteiger partial charge in [0.1, 0.15) is 11.9 Å². The summed E-state index contributed by atoms with van der Waals surface area (Å²) in [6.07, 6.45) is 0.208. The molecule has 0 bridgehead atoms. The quantitative estimate of drug-likeness (QED) is 0.689. The second-order valence-corrected chi connectivity index (χ2v) is 3.75. The highest BCUT2D eigenvalue weighted by atomic mass is 35.5. The van der Waals surface area contributed by atoms with E-state index >= 15 is 0 Å². The number of halogens is 1. The van der Waals surface area contributed by atoms with Crippen LogP contribution in [0.4, 0.5) is 0 Å². The van der Waals surface area contributed by atoms with E-state index in [0.29, 0.717) is 0 Å². The molecule has 70 valence electrons. The Labute approximate surface area is 82.9 Å². The Balaban J connectivity index is 2.35. The van der Waals surface area contributed by atoms with Crippen LogP contribution in [0, 0.1) is 0 Å². The lowest BCUT2D eigenvalue weighted by molar-refractivity contribution is 0.226. The van der Waals surface area contributed by atoms with Gasteiger partial charge in [-0.2, -0.15) is 0 Å². The molecule has 1 aromatic carbocycles. The van der Waals surface area contributed by atoms with Gasteiger partial charge in [-0.3, -0.25) is 0 Å². The van der Waals surface area contributed by atoms with E-state index in [0.717, 1.165) is 23.9 Å². The lowest BCUT2D eigenvalue weighted by Crippen LogP contribution is -2.24. The van der Waals surface area contributed by atoms with Crippen LogP contribution < -0.4 is 10.1 Å². The van der Waals surface area contributed by atoms with E-state index in [4.69, 9.17) is 16.3 Å². The summed E-state index contributed by atoms with van der Waals surface area (Å²) in [4.78, 5) is 0. The van der Waals surface area contributed by atoms with Gasteiger partial charge in [0, 0.05) is 23.7 Å². The Hall–Kier alpha value is -0.730. The average Bonchev–Trinajstić information content (AvgIpc) is 2.25. The zero-order chi connectivity index (χ0) is 9.26. The fourth-order valence-corrected chi connectivity index (χ4v) is 1.61. The normalized spacial score (nSPS) is 21.5. The maximum absolute atomic E-state index is 5.88. The van der Waals surface area contributed by atoms with Crippen molar-refractivity contribution in [3.8, 4) is 5.75 Å². The molecule has 0 aromatic heterocycles. The van der Waals surface area contributed by atoms with Crippen molar-refractivity contribution in [2.45, 2.75) is 19.6 Å². The van der Waals surface area contributed by atoms with Crippen LogP contribution >= 0.6 is 11.6 Å². The van der Waals surface area contributed by atoms with Gasteiger partial charge in [0.25, 0.3) is 0 Å². The van der Waals surface area contributed by atoms with Crippen molar-refractivity contribution in [3.63, 3.8) is 0 Å². The van der Waals surface area contributed by atoms with Gasteiger partial charge < -0.3 is 10.1 Å². The summed E-state index contributed by atoms with van der Waals surface area (Å²) in [5.74, 6) is 0.907. The van der Waals surface area contributed by atoms with E-state index in [9.17, 15) is 0 Å². The van der Waals surface area contributed by atoms with E-state index < -0.39 is 0 Å². The molecular formula is C10H12ClNO. The molecule has 1 aliphatic heterocycles. The Kier molecular flexibility index (Phi) is 2.42. The Morgan fingerprint density at radius 3 is 3.23 bits per heavy atom. The smallest absolute Gasteiger partial charge is 0.125 e. The van der Waals surface area contributed by atoms with Crippen molar-refractivity contribution < 1.29 is 4.74 Å². The monoisotopic (exact) mass is 197 g/mol. The summed E-state index contributed by atoms with van der Waals surface area (Å²) in [6.45, 7) is 3.78. The standard InChI is InChI=1S/C10H12ClNO/c1-7-5-12-6-8-2-3-9(11)4-10(8)13-7/h2-4,7,12H,5-6H2,1H3/t7-/m0/s1. The summed E-state index contributed by atoms with van der Waals surface area (Å²) in [6, 6.07) is 5.77. The van der Waals surface area contributed by atoms with E-state index in [1.807, 2.05) is 25.1 Å². The average molecular weight is 198 g/mol. The molecule has 2 rings (SSSR count). The van der Waals surface area contributed by atoms with Crippen LogP contribution in [0.2, 0.25) is 5.02 Å². The molecule has 1 aliphatic rings. The minimum atomic E-state index is 0.208. The molecule has 1 aromatic rings. The molecule has 1 N–H and O–H groups in total. The van der Waals surface area contributed by atoms with Crippen molar-refractivity contribution in [2.75, 3.05) is 6.54 Å². The summed E-state index contributed by atoms with van der Waals surface area (Å²) in [5.41, 5.74) is 1.17. The van der Waals surface area contributed by atoms with Gasteiger partial charge in [-0.25, -0.2) is 0 Å². The van der Waals surface area contributed by atoms with Gasteiger partial charge >= 0.3 is 0 Å². The molecular weight excluding hydrogens is 186 g/mol. The zero-order valence-corrected chi connectivity index (χ0v) is 8.27. The van der Waals surface area contributed by atoms with Gasteiger partial charge in [0.05, 0.1) is 0 Å². The number of rotatable bonds is 0. The third kappa shape index (κ3) is 1.95. The summed E-state index contributed by atoms with van der Waals surface area (Å²) >= 11 is 5.88. The van der Waals surface area contributed by atoms with Gasteiger partial charge in [-0.15, -0.1) is 0 Å². The fourth-order valence-electron chi connectivity index (χ4n) is 1.45. The molecule has 13 heavy (non-hydrogen) atoms. The van der Waals surface area contributed by atoms with Crippen molar-refractivity contribution in [1.82, 2.24) is 5.32 Å². The number of fused-ring (bicyclic) bond motifs is 1. The topological polar surface area (TPSA) is 21.3 Å². The van der Waals surface area contributed by atoms with Crippen molar-refractivity contribution in [1.29, 1.82) is 0 Å². The Bertz CT molecular complexity index is 314. The number of hydrogen-bond donors (Lipinski definition) is 1. The first-order chi connectivity index (χ1) is 6.25. The van der Waals surface area contributed by atoms with Crippen LogP contribution in [0.15, 0.2) is 18.2 Å². The van der Waals surface area contributed by atoms with Crippen molar-refractivity contribution in [2.24, 2.45) is 0 Å². The molecule has 1 atom stereocenters. The summed E-state index contributed by atoms with van der Waals surface area (Å²) in [5, 5.41) is 4.03. The second-order valence-electron chi connectivity index (χ2n) is 3.31. The molecule has 0 saturated carbocycles. The molecule has 1 heterocycles. The maximum Gasteiger partial charge on any atom is 0.125 e. The lowest BCUT2D eigenvalue weighted by atomic mass is 10.2. The molecule has 0 saturated heterocycles. The highest BCUT2D eigenvalue weighted by molar-refractivity contribution is 6.30. The largest absolute Gasteiger partial charge is 0.489 e. The van der Waals surface area contributed by atoms with Crippen LogP contribution in [0.5, 0.6) is 5.75 Å². The first-order valence-electron chi connectivity index (χ1n) is 4.41. The van der Waals surface area contributed by atoms with Gasteiger partial charge in [0.2, 0.25) is 0 Å². The van der Waals surface area contributed by atoms with E-state index in [1.54, 1.807) is 0 Å². The maximum atomic E-state index is 5.88. The number of benzene rings is 1. The van der Waals surface area contributed by atoms with E-state index in [2.05, 4.69) is 5.32 Å². The first kappa shape index (κ1) is 8.85. The molecule has 0 aliphatic carbocycles. The lowest BCUT2D eigenvalue weighted by Gasteiger charge is -2.11. The number of ether oxygens (including phenoxy) is 1. The Morgan fingerprint density at radius 1 is 1.54 bits per heavy atom. The van der Waals surface area contributed by atoms with Crippen molar-refractivity contribution >= 4 is 11.6 Å². The Morgan fingerprint density at radius 2 is 2.38 bits per heavy atom. The third-order valence-electron chi connectivity index (χ3n) is 2.10. The van der Waals surface area contributed by atoms with E-state index in [1.165, 1.54) is 5.56 Å². The van der Waals surface area contributed by atoms with Crippen LogP contribution in [-0.4, -0.2) is 12.6 Å². The molecule has 0 fully saturated rings. The minimum Gasteiger partial charge on any atom is -0.489 e. The molecule has 2 nitrogen and oxygen atoms in total. The molecule has 0 radical (unpaired) electrons. The van der Waals surface area contributed by atoms with Crippen LogP contribution in [0.25, 0.3) is 0 Å². The molecule has 3 heteroatoms. The fraction of sp³-hybridized carbons (Fsp3) is 0.400. The molecule has 0 amide bonds. The number of hydrogen-bond acceptors (Lipinski definition) is 2.